The quantitative estimate of drug-likeness (QED) is 0.335. The van der Waals surface area contributed by atoms with Gasteiger partial charge in [-0.2, -0.15) is 0 Å². The summed E-state index contributed by atoms with van der Waals surface area (Å²) in [6.07, 6.45) is -0.169. The van der Waals surface area contributed by atoms with E-state index in [-0.39, 0.29) is 36.1 Å². The first-order chi connectivity index (χ1) is 12.9. The fraction of sp³-hybridized carbons (Fsp3) is 0.350. The molecule has 2 atom stereocenters. The van der Waals surface area contributed by atoms with E-state index >= 15 is 0 Å². The Balaban J connectivity index is 0.00000392. The number of aliphatic imine (C=N–C) groups is 1. The third-order valence-electron chi connectivity index (χ3n) is 3.96. The van der Waals surface area contributed by atoms with Gasteiger partial charge in [-0.15, -0.1) is 24.0 Å². The molecule has 0 spiro atoms. The summed E-state index contributed by atoms with van der Waals surface area (Å²) in [6.45, 7) is 4.16. The van der Waals surface area contributed by atoms with Crippen molar-refractivity contribution in [1.82, 2.24) is 10.6 Å². The molecule has 0 heterocycles. The van der Waals surface area contributed by atoms with E-state index in [1.54, 1.807) is 21.1 Å². The lowest BCUT2D eigenvalue weighted by atomic mass is 10.1. The highest BCUT2D eigenvalue weighted by Gasteiger charge is 2.14. The van der Waals surface area contributed by atoms with Crippen LogP contribution in [0.25, 0.3) is 0 Å². The van der Waals surface area contributed by atoms with Crippen molar-refractivity contribution in [1.29, 1.82) is 0 Å². The van der Waals surface area contributed by atoms with Crippen LogP contribution in [-0.4, -0.2) is 32.8 Å². The Morgan fingerprint density at radius 3 is 2.39 bits per heavy atom. The molecule has 0 radical (unpaired) electrons. The van der Waals surface area contributed by atoms with Gasteiger partial charge in [0.15, 0.2) is 17.5 Å². The average Bonchev–Trinajstić information content (AvgIpc) is 2.65. The van der Waals surface area contributed by atoms with Crippen LogP contribution in [0.1, 0.15) is 25.5 Å². The zero-order valence-electron chi connectivity index (χ0n) is 16.3. The van der Waals surface area contributed by atoms with E-state index in [0.717, 1.165) is 6.07 Å². The van der Waals surface area contributed by atoms with Crippen molar-refractivity contribution in [3.63, 3.8) is 0 Å². The SMILES string of the molecule is CN=C(NCC(C)Oc1ccccc1OC)NC(C)c1ccc(F)cc1F.I. The van der Waals surface area contributed by atoms with Crippen molar-refractivity contribution in [2.24, 2.45) is 4.99 Å². The second-order valence-corrected chi connectivity index (χ2v) is 6.06. The van der Waals surface area contributed by atoms with Crippen LogP contribution >= 0.6 is 24.0 Å². The fourth-order valence-corrected chi connectivity index (χ4v) is 2.55. The number of hydrogen-bond acceptors (Lipinski definition) is 3. The van der Waals surface area contributed by atoms with E-state index < -0.39 is 11.6 Å². The molecule has 2 aromatic rings. The molecule has 5 nitrogen and oxygen atoms in total. The number of hydrogen-bond donors (Lipinski definition) is 2. The van der Waals surface area contributed by atoms with Crippen molar-refractivity contribution >= 4 is 29.9 Å². The number of methoxy groups -OCH3 is 1. The molecule has 0 aliphatic carbocycles. The van der Waals surface area contributed by atoms with E-state index in [1.165, 1.54) is 12.1 Å². The van der Waals surface area contributed by atoms with Gasteiger partial charge >= 0.3 is 0 Å². The van der Waals surface area contributed by atoms with Crippen molar-refractivity contribution in [3.05, 3.63) is 59.7 Å². The Hall–Kier alpha value is -2.10. The van der Waals surface area contributed by atoms with Crippen LogP contribution in [0.3, 0.4) is 0 Å². The minimum Gasteiger partial charge on any atom is -0.493 e. The maximum Gasteiger partial charge on any atom is 0.191 e. The molecule has 154 valence electrons. The normalized spacial score (nSPS) is 13.1. The van der Waals surface area contributed by atoms with E-state index in [2.05, 4.69) is 15.6 Å². The Kier molecular flexibility index (Phi) is 9.98. The van der Waals surface area contributed by atoms with Crippen LogP contribution in [-0.2, 0) is 0 Å². The molecular formula is C20H26F2IN3O2. The summed E-state index contributed by atoms with van der Waals surface area (Å²) in [4.78, 5) is 4.13. The van der Waals surface area contributed by atoms with Crippen molar-refractivity contribution in [2.75, 3.05) is 20.7 Å². The zero-order valence-corrected chi connectivity index (χ0v) is 18.7. The molecule has 28 heavy (non-hydrogen) atoms. The Morgan fingerprint density at radius 2 is 1.79 bits per heavy atom. The van der Waals surface area contributed by atoms with E-state index in [0.29, 0.717) is 29.6 Å². The first-order valence-electron chi connectivity index (χ1n) is 8.66. The highest BCUT2D eigenvalue weighted by atomic mass is 127. The molecule has 0 aromatic heterocycles. The number of rotatable bonds is 7. The van der Waals surface area contributed by atoms with Crippen LogP contribution < -0.4 is 20.1 Å². The molecule has 2 N–H and O–H groups in total. The standard InChI is InChI=1S/C20H25F2N3O2.HI/c1-13(27-19-8-6-5-7-18(19)26-4)12-24-20(23-3)25-14(2)16-10-9-15(21)11-17(16)22;/h5-11,13-14H,12H2,1-4H3,(H2,23,24,25);1H. The lowest BCUT2D eigenvalue weighted by molar-refractivity contribution is 0.213. The maximum absolute atomic E-state index is 13.9. The first kappa shape index (κ1) is 23.9. The number of halogens is 3. The third kappa shape index (κ3) is 6.81. The smallest absolute Gasteiger partial charge is 0.191 e. The van der Waals surface area contributed by atoms with E-state index in [1.807, 2.05) is 31.2 Å². The van der Waals surface area contributed by atoms with Gasteiger partial charge in [0.05, 0.1) is 19.7 Å². The van der Waals surface area contributed by atoms with Gasteiger partial charge in [-0.25, -0.2) is 8.78 Å². The molecule has 0 aliphatic heterocycles. The predicted octanol–water partition coefficient (Wildman–Crippen LogP) is 4.28. The highest BCUT2D eigenvalue weighted by Crippen LogP contribution is 2.26. The molecule has 2 aromatic carbocycles. The van der Waals surface area contributed by atoms with Crippen LogP contribution in [0.5, 0.6) is 11.5 Å². The average molecular weight is 505 g/mol. The van der Waals surface area contributed by atoms with Gasteiger partial charge < -0.3 is 20.1 Å². The van der Waals surface area contributed by atoms with Gasteiger partial charge in [-0.3, -0.25) is 4.99 Å². The monoisotopic (exact) mass is 505 g/mol. The van der Waals surface area contributed by atoms with Gasteiger partial charge in [-0.1, -0.05) is 18.2 Å². The number of para-hydroxylation sites is 2. The molecule has 0 amide bonds. The van der Waals surface area contributed by atoms with Crippen molar-refractivity contribution in [3.8, 4) is 11.5 Å². The Morgan fingerprint density at radius 1 is 1.11 bits per heavy atom. The molecule has 0 aliphatic rings. The van der Waals surface area contributed by atoms with Crippen LogP contribution in [0, 0.1) is 11.6 Å². The number of nitrogens with zero attached hydrogens (tertiary/aromatic N) is 1. The molecule has 0 saturated carbocycles. The van der Waals surface area contributed by atoms with Crippen LogP contribution in [0.15, 0.2) is 47.5 Å². The highest BCUT2D eigenvalue weighted by molar-refractivity contribution is 14.0. The zero-order chi connectivity index (χ0) is 19.8. The summed E-state index contributed by atoms with van der Waals surface area (Å²) < 4.78 is 38.1. The number of ether oxygens (including phenoxy) is 2. The Bertz CT molecular complexity index is 790. The maximum atomic E-state index is 13.9. The molecule has 8 heteroatoms. The predicted molar refractivity (Wildman–Crippen MR) is 118 cm³/mol. The van der Waals surface area contributed by atoms with Gasteiger partial charge in [0, 0.05) is 18.7 Å². The van der Waals surface area contributed by atoms with E-state index in [4.69, 9.17) is 9.47 Å². The van der Waals surface area contributed by atoms with Gasteiger partial charge in [0.2, 0.25) is 0 Å². The van der Waals surface area contributed by atoms with Crippen LogP contribution in [0.4, 0.5) is 8.78 Å². The Labute approximate surface area is 181 Å². The minimum atomic E-state index is -0.603. The number of benzene rings is 2. The molecule has 0 bridgehead atoms. The fourth-order valence-electron chi connectivity index (χ4n) is 2.55. The molecule has 2 unspecified atom stereocenters. The molecule has 2 rings (SSSR count). The van der Waals surface area contributed by atoms with Crippen molar-refractivity contribution < 1.29 is 18.3 Å². The summed E-state index contributed by atoms with van der Waals surface area (Å²) in [6, 6.07) is 10.5. The molecule has 0 saturated heterocycles. The second kappa shape index (κ2) is 11.7. The second-order valence-electron chi connectivity index (χ2n) is 6.06. The van der Waals surface area contributed by atoms with Gasteiger partial charge in [0.1, 0.15) is 17.7 Å². The molecule has 0 fully saturated rings. The van der Waals surface area contributed by atoms with E-state index in [9.17, 15) is 8.78 Å². The topological polar surface area (TPSA) is 54.9 Å². The lowest BCUT2D eigenvalue weighted by Gasteiger charge is -2.21. The summed E-state index contributed by atoms with van der Waals surface area (Å²) in [5.74, 6) is 0.597. The first-order valence-corrected chi connectivity index (χ1v) is 8.66. The number of guanidine groups is 1. The van der Waals surface area contributed by atoms with Crippen LogP contribution in [0.2, 0.25) is 0 Å². The summed E-state index contributed by atoms with van der Waals surface area (Å²) in [7, 11) is 3.21. The van der Waals surface area contributed by atoms with Crippen molar-refractivity contribution in [2.45, 2.75) is 26.0 Å². The third-order valence-corrected chi connectivity index (χ3v) is 3.96. The minimum absolute atomic E-state index is 0. The van der Waals surface area contributed by atoms with Gasteiger partial charge in [-0.05, 0) is 32.0 Å². The van der Waals surface area contributed by atoms with Gasteiger partial charge in [0.25, 0.3) is 0 Å². The number of nitrogens with one attached hydrogen (secondary N) is 2. The molecular weight excluding hydrogens is 479 g/mol. The summed E-state index contributed by atoms with van der Waals surface area (Å²) in [5.41, 5.74) is 0.359. The lowest BCUT2D eigenvalue weighted by Crippen LogP contribution is -2.42. The summed E-state index contributed by atoms with van der Waals surface area (Å²) in [5, 5.41) is 6.22. The largest absolute Gasteiger partial charge is 0.493 e. The summed E-state index contributed by atoms with van der Waals surface area (Å²) >= 11 is 0.